The Labute approximate surface area is 82.3 Å². The molecule has 0 aliphatic rings. The van der Waals surface area contributed by atoms with Crippen molar-refractivity contribution in [2.24, 2.45) is 0 Å². The summed E-state index contributed by atoms with van der Waals surface area (Å²) in [5, 5.41) is 0. The quantitative estimate of drug-likeness (QED) is 0.870. The number of furan rings is 1. The predicted molar refractivity (Wildman–Crippen MR) is 50.6 cm³/mol. The van der Waals surface area contributed by atoms with Gasteiger partial charge in [-0.1, -0.05) is 0 Å². The lowest BCUT2D eigenvalue weighted by Gasteiger charge is -1.94. The SMILES string of the molecule is O=c1[nH]ccn1Cc1coc(Br)c1. The smallest absolute Gasteiger partial charge is 0.325 e. The fourth-order valence-electron chi connectivity index (χ4n) is 1.10. The first-order chi connectivity index (χ1) is 6.25. The highest BCUT2D eigenvalue weighted by Crippen LogP contribution is 2.14. The summed E-state index contributed by atoms with van der Waals surface area (Å²) < 4.78 is 7.28. The molecule has 2 rings (SSSR count). The molecule has 0 amide bonds. The zero-order chi connectivity index (χ0) is 9.26. The van der Waals surface area contributed by atoms with Crippen molar-refractivity contribution in [3.63, 3.8) is 0 Å². The third-order valence-corrected chi connectivity index (χ3v) is 2.11. The monoisotopic (exact) mass is 242 g/mol. The minimum Gasteiger partial charge on any atom is -0.457 e. The van der Waals surface area contributed by atoms with Crippen LogP contribution in [0, 0.1) is 0 Å². The number of hydrogen-bond donors (Lipinski definition) is 1. The van der Waals surface area contributed by atoms with E-state index < -0.39 is 0 Å². The average Bonchev–Trinajstić information content (AvgIpc) is 2.64. The highest BCUT2D eigenvalue weighted by Gasteiger charge is 2.01. The number of hydrogen-bond acceptors (Lipinski definition) is 2. The summed E-state index contributed by atoms with van der Waals surface area (Å²) in [6, 6.07) is 1.83. The average molecular weight is 243 g/mol. The summed E-state index contributed by atoms with van der Waals surface area (Å²) in [6.45, 7) is 0.525. The van der Waals surface area contributed by atoms with Crippen LogP contribution in [0.5, 0.6) is 0 Å². The van der Waals surface area contributed by atoms with E-state index in [1.807, 2.05) is 6.07 Å². The number of rotatable bonds is 2. The third kappa shape index (κ3) is 1.75. The summed E-state index contributed by atoms with van der Waals surface area (Å²) in [6.07, 6.45) is 4.92. The number of aromatic nitrogens is 2. The number of H-pyrrole nitrogens is 1. The van der Waals surface area contributed by atoms with Gasteiger partial charge in [-0.15, -0.1) is 0 Å². The van der Waals surface area contributed by atoms with Gasteiger partial charge in [0.15, 0.2) is 4.67 Å². The van der Waals surface area contributed by atoms with Gasteiger partial charge in [-0.2, -0.15) is 0 Å². The molecular formula is C8H7BrN2O2. The van der Waals surface area contributed by atoms with Gasteiger partial charge in [-0.05, 0) is 22.0 Å². The molecular weight excluding hydrogens is 236 g/mol. The van der Waals surface area contributed by atoms with E-state index in [9.17, 15) is 4.79 Å². The Morgan fingerprint density at radius 3 is 3.00 bits per heavy atom. The topological polar surface area (TPSA) is 50.9 Å². The molecule has 5 heteroatoms. The van der Waals surface area contributed by atoms with Crippen molar-refractivity contribution in [2.75, 3.05) is 0 Å². The molecule has 0 radical (unpaired) electrons. The van der Waals surface area contributed by atoms with Crippen molar-refractivity contribution in [1.82, 2.24) is 9.55 Å². The molecule has 0 atom stereocenters. The Bertz CT molecular complexity index is 454. The van der Waals surface area contributed by atoms with E-state index in [0.717, 1.165) is 5.56 Å². The Hall–Kier alpha value is -1.23. The third-order valence-electron chi connectivity index (χ3n) is 1.70. The van der Waals surface area contributed by atoms with E-state index >= 15 is 0 Å². The van der Waals surface area contributed by atoms with Crippen LogP contribution in [0.1, 0.15) is 5.56 Å². The van der Waals surface area contributed by atoms with E-state index in [-0.39, 0.29) is 5.69 Å². The van der Waals surface area contributed by atoms with E-state index in [1.54, 1.807) is 23.2 Å². The van der Waals surface area contributed by atoms with E-state index in [4.69, 9.17) is 4.42 Å². The van der Waals surface area contributed by atoms with Crippen LogP contribution in [0.3, 0.4) is 0 Å². The van der Waals surface area contributed by atoms with Gasteiger partial charge >= 0.3 is 5.69 Å². The van der Waals surface area contributed by atoms with Gasteiger partial charge in [0.25, 0.3) is 0 Å². The van der Waals surface area contributed by atoms with Gasteiger partial charge in [0.1, 0.15) is 0 Å². The summed E-state index contributed by atoms with van der Waals surface area (Å²) in [5.74, 6) is 0. The van der Waals surface area contributed by atoms with Crippen molar-refractivity contribution < 1.29 is 4.42 Å². The van der Waals surface area contributed by atoms with Crippen LogP contribution in [-0.4, -0.2) is 9.55 Å². The van der Waals surface area contributed by atoms with Crippen molar-refractivity contribution >= 4 is 15.9 Å². The summed E-state index contributed by atoms with van der Waals surface area (Å²) in [7, 11) is 0. The molecule has 0 aliphatic heterocycles. The minimum absolute atomic E-state index is 0.114. The fourth-order valence-corrected chi connectivity index (χ4v) is 1.49. The molecule has 0 fully saturated rings. The zero-order valence-electron chi connectivity index (χ0n) is 6.66. The summed E-state index contributed by atoms with van der Waals surface area (Å²) >= 11 is 3.19. The van der Waals surface area contributed by atoms with Crippen molar-refractivity contribution in [2.45, 2.75) is 6.54 Å². The lowest BCUT2D eigenvalue weighted by atomic mass is 10.3. The number of halogens is 1. The summed E-state index contributed by atoms with van der Waals surface area (Å²) in [4.78, 5) is 13.7. The molecule has 0 bridgehead atoms. The molecule has 0 aliphatic carbocycles. The Morgan fingerprint density at radius 1 is 1.62 bits per heavy atom. The first-order valence-electron chi connectivity index (χ1n) is 3.72. The zero-order valence-corrected chi connectivity index (χ0v) is 8.24. The fraction of sp³-hybridized carbons (Fsp3) is 0.125. The number of nitrogens with one attached hydrogen (secondary N) is 1. The highest BCUT2D eigenvalue weighted by atomic mass is 79.9. The van der Waals surface area contributed by atoms with Gasteiger partial charge in [0.2, 0.25) is 0 Å². The Morgan fingerprint density at radius 2 is 2.46 bits per heavy atom. The van der Waals surface area contributed by atoms with Crippen molar-refractivity contribution in [1.29, 1.82) is 0 Å². The molecule has 0 aromatic carbocycles. The van der Waals surface area contributed by atoms with Crippen LogP contribution in [0.25, 0.3) is 0 Å². The number of aromatic amines is 1. The molecule has 0 spiro atoms. The van der Waals surface area contributed by atoms with Gasteiger partial charge in [-0.25, -0.2) is 4.79 Å². The summed E-state index contributed by atoms with van der Waals surface area (Å²) in [5.41, 5.74) is 0.839. The normalized spacial score (nSPS) is 10.5. The van der Waals surface area contributed by atoms with Crippen LogP contribution < -0.4 is 5.69 Å². The standard InChI is InChI=1S/C8H7BrN2O2/c9-7-3-6(5-13-7)4-11-2-1-10-8(11)12/h1-3,5H,4H2,(H,10,12). The first-order valence-corrected chi connectivity index (χ1v) is 4.52. The maximum atomic E-state index is 11.1. The lowest BCUT2D eigenvalue weighted by molar-refractivity contribution is 0.537. The van der Waals surface area contributed by atoms with Crippen LogP contribution in [0.2, 0.25) is 0 Å². The molecule has 0 unspecified atom stereocenters. The van der Waals surface area contributed by atoms with Gasteiger partial charge in [-0.3, -0.25) is 4.57 Å². The van der Waals surface area contributed by atoms with Crippen LogP contribution in [-0.2, 0) is 6.54 Å². The van der Waals surface area contributed by atoms with Gasteiger partial charge < -0.3 is 9.40 Å². The van der Waals surface area contributed by atoms with Crippen LogP contribution in [0.15, 0.2) is 38.6 Å². The van der Waals surface area contributed by atoms with Gasteiger partial charge in [0, 0.05) is 18.0 Å². The molecule has 4 nitrogen and oxygen atoms in total. The van der Waals surface area contributed by atoms with Crippen LogP contribution >= 0.6 is 15.9 Å². The van der Waals surface area contributed by atoms with E-state index in [1.165, 1.54) is 0 Å². The maximum Gasteiger partial charge on any atom is 0.325 e. The second-order valence-electron chi connectivity index (χ2n) is 2.65. The molecule has 13 heavy (non-hydrogen) atoms. The van der Waals surface area contributed by atoms with Crippen molar-refractivity contribution in [3.05, 3.63) is 45.4 Å². The largest absolute Gasteiger partial charge is 0.457 e. The van der Waals surface area contributed by atoms with E-state index in [2.05, 4.69) is 20.9 Å². The second kappa shape index (κ2) is 3.26. The lowest BCUT2D eigenvalue weighted by Crippen LogP contribution is -2.16. The van der Waals surface area contributed by atoms with E-state index in [0.29, 0.717) is 11.2 Å². The predicted octanol–water partition coefficient (Wildman–Crippen LogP) is 1.58. The Kier molecular flexibility index (Phi) is 2.10. The molecule has 0 saturated heterocycles. The van der Waals surface area contributed by atoms with Crippen molar-refractivity contribution in [3.8, 4) is 0 Å². The Balaban J connectivity index is 2.24. The molecule has 2 heterocycles. The van der Waals surface area contributed by atoms with Crippen LogP contribution in [0.4, 0.5) is 0 Å². The maximum absolute atomic E-state index is 11.1. The molecule has 68 valence electrons. The number of nitrogens with zero attached hydrogens (tertiary/aromatic N) is 1. The molecule has 2 aromatic rings. The molecule has 0 saturated carbocycles. The first kappa shape index (κ1) is 8.37. The molecule has 2 aromatic heterocycles. The minimum atomic E-state index is -0.114. The molecule has 1 N–H and O–H groups in total. The number of imidazole rings is 1. The highest BCUT2D eigenvalue weighted by molar-refractivity contribution is 9.10. The second-order valence-corrected chi connectivity index (χ2v) is 3.43. The van der Waals surface area contributed by atoms with Gasteiger partial charge in [0.05, 0.1) is 12.8 Å².